The van der Waals surface area contributed by atoms with E-state index in [1.165, 1.54) is 31.5 Å². The molecule has 27 heavy (non-hydrogen) atoms. The molecule has 2 heterocycles. The predicted molar refractivity (Wildman–Crippen MR) is 110 cm³/mol. The van der Waals surface area contributed by atoms with E-state index in [4.69, 9.17) is 0 Å². The van der Waals surface area contributed by atoms with Gasteiger partial charge in [0.05, 0.1) is 10.9 Å². The van der Waals surface area contributed by atoms with Crippen LogP contribution in [0.3, 0.4) is 0 Å². The van der Waals surface area contributed by atoms with Crippen LogP contribution in [0, 0.1) is 0 Å². The Morgan fingerprint density at radius 3 is 2.70 bits per heavy atom. The van der Waals surface area contributed by atoms with Crippen LogP contribution in [0.25, 0.3) is 0 Å². The molecule has 3 N–H and O–H groups in total. The smallest absolute Gasteiger partial charge is 0.255 e. The Balaban J connectivity index is 1.41. The van der Waals surface area contributed by atoms with Gasteiger partial charge >= 0.3 is 0 Å². The standard InChI is InChI=1S/C21H25N3O2S/c1-14-20(25)23-18-12-16(6-9-19(18)27-14)21(26)22-17-7-4-15(5-8-17)13-24-10-2-3-11-24/h4-9,12,14,20,23,25H,2-3,10-11,13H2,1H3,(H,22,26). The Hall–Kier alpha value is -2.02. The number of fused-ring (bicyclic) bond motifs is 1. The van der Waals surface area contributed by atoms with Crippen molar-refractivity contribution in [1.29, 1.82) is 0 Å². The molecule has 1 amide bonds. The van der Waals surface area contributed by atoms with Crippen molar-refractivity contribution < 1.29 is 9.90 Å². The van der Waals surface area contributed by atoms with Gasteiger partial charge in [-0.1, -0.05) is 12.1 Å². The third-order valence-corrected chi connectivity index (χ3v) is 6.36. The summed E-state index contributed by atoms with van der Waals surface area (Å²) in [6.07, 6.45) is 1.97. The number of aliphatic hydroxyl groups is 1. The van der Waals surface area contributed by atoms with E-state index in [1.807, 2.05) is 31.2 Å². The minimum absolute atomic E-state index is 0.0799. The number of thioether (sulfide) groups is 1. The lowest BCUT2D eigenvalue weighted by atomic mass is 10.1. The second-order valence-corrected chi connectivity index (χ2v) is 8.68. The van der Waals surface area contributed by atoms with Crippen LogP contribution in [0.4, 0.5) is 11.4 Å². The van der Waals surface area contributed by atoms with Crippen molar-refractivity contribution in [3.05, 3.63) is 53.6 Å². The van der Waals surface area contributed by atoms with Crippen LogP contribution in [0.15, 0.2) is 47.4 Å². The van der Waals surface area contributed by atoms with Crippen molar-refractivity contribution in [2.75, 3.05) is 23.7 Å². The highest BCUT2D eigenvalue weighted by molar-refractivity contribution is 8.00. The van der Waals surface area contributed by atoms with Crippen molar-refractivity contribution in [2.24, 2.45) is 0 Å². The zero-order valence-corrected chi connectivity index (χ0v) is 16.3. The molecule has 5 nitrogen and oxygen atoms in total. The molecule has 2 aliphatic rings. The van der Waals surface area contributed by atoms with Crippen LogP contribution < -0.4 is 10.6 Å². The molecule has 1 saturated heterocycles. The molecule has 0 saturated carbocycles. The number of hydrogen-bond acceptors (Lipinski definition) is 5. The predicted octanol–water partition coefficient (Wildman–Crippen LogP) is 3.76. The molecule has 1 fully saturated rings. The molecule has 142 valence electrons. The normalized spacial score (nSPS) is 22.1. The van der Waals surface area contributed by atoms with Crippen LogP contribution in [0.1, 0.15) is 35.7 Å². The topological polar surface area (TPSA) is 64.6 Å². The highest BCUT2D eigenvalue weighted by Gasteiger charge is 2.24. The fourth-order valence-corrected chi connectivity index (χ4v) is 4.51. The molecule has 0 spiro atoms. The van der Waals surface area contributed by atoms with Crippen LogP contribution in [-0.4, -0.2) is 40.5 Å². The quantitative estimate of drug-likeness (QED) is 0.750. The minimum atomic E-state index is -0.607. The third-order valence-electron chi connectivity index (χ3n) is 5.12. The van der Waals surface area contributed by atoms with Crippen molar-refractivity contribution in [1.82, 2.24) is 4.90 Å². The Kier molecular flexibility index (Phi) is 5.38. The number of rotatable bonds is 4. The van der Waals surface area contributed by atoms with Gasteiger partial charge in [0.15, 0.2) is 0 Å². The zero-order chi connectivity index (χ0) is 18.8. The summed E-state index contributed by atoms with van der Waals surface area (Å²) in [5.41, 5.74) is 3.44. The van der Waals surface area contributed by atoms with Gasteiger partial charge in [-0.25, -0.2) is 0 Å². The van der Waals surface area contributed by atoms with Crippen LogP contribution in [0.5, 0.6) is 0 Å². The van der Waals surface area contributed by atoms with E-state index in [9.17, 15) is 9.90 Å². The Labute approximate surface area is 164 Å². The van der Waals surface area contributed by atoms with Crippen LogP contribution in [0.2, 0.25) is 0 Å². The van der Waals surface area contributed by atoms with Gasteiger partial charge in [0.1, 0.15) is 6.23 Å². The first-order valence-electron chi connectivity index (χ1n) is 9.46. The van der Waals surface area contributed by atoms with E-state index in [-0.39, 0.29) is 11.2 Å². The average molecular weight is 384 g/mol. The molecule has 2 aromatic carbocycles. The van der Waals surface area contributed by atoms with Crippen LogP contribution >= 0.6 is 11.8 Å². The van der Waals surface area contributed by atoms with E-state index in [0.29, 0.717) is 5.56 Å². The number of nitrogens with one attached hydrogen (secondary N) is 2. The van der Waals surface area contributed by atoms with Gasteiger partial charge in [-0.3, -0.25) is 9.69 Å². The van der Waals surface area contributed by atoms with Gasteiger partial charge in [-0.05, 0) is 68.8 Å². The lowest BCUT2D eigenvalue weighted by molar-refractivity contribution is 0.102. The van der Waals surface area contributed by atoms with Gasteiger partial charge in [-0.15, -0.1) is 11.8 Å². The molecule has 2 aliphatic heterocycles. The summed E-state index contributed by atoms with van der Waals surface area (Å²) in [4.78, 5) is 16.1. The van der Waals surface area contributed by atoms with Crippen LogP contribution in [-0.2, 0) is 6.54 Å². The van der Waals surface area contributed by atoms with E-state index in [1.54, 1.807) is 17.8 Å². The molecule has 6 heteroatoms. The zero-order valence-electron chi connectivity index (χ0n) is 15.4. The molecule has 0 bridgehead atoms. The average Bonchev–Trinajstić information content (AvgIpc) is 3.17. The number of carbonyl (C=O) groups excluding carboxylic acids is 1. The van der Waals surface area contributed by atoms with E-state index < -0.39 is 6.23 Å². The number of amides is 1. The summed E-state index contributed by atoms with van der Waals surface area (Å²) in [5.74, 6) is -0.148. The van der Waals surface area contributed by atoms with E-state index >= 15 is 0 Å². The number of benzene rings is 2. The monoisotopic (exact) mass is 383 g/mol. The second kappa shape index (κ2) is 7.92. The van der Waals surface area contributed by atoms with Crippen molar-refractivity contribution in [2.45, 2.75) is 42.7 Å². The third kappa shape index (κ3) is 4.29. The van der Waals surface area contributed by atoms with Gasteiger partial charge in [0.2, 0.25) is 0 Å². The van der Waals surface area contributed by atoms with Crippen molar-refractivity contribution in [3.63, 3.8) is 0 Å². The fourth-order valence-electron chi connectivity index (χ4n) is 3.52. The molecule has 0 radical (unpaired) electrons. The number of likely N-dealkylation sites (tertiary alicyclic amines) is 1. The molecular formula is C21H25N3O2S. The SMILES string of the molecule is CC1Sc2ccc(C(=O)Nc3ccc(CN4CCCC4)cc3)cc2NC1O. The number of hydrogen-bond donors (Lipinski definition) is 3. The van der Waals surface area contributed by atoms with Crippen molar-refractivity contribution in [3.8, 4) is 0 Å². The minimum Gasteiger partial charge on any atom is -0.373 e. The molecule has 0 aliphatic carbocycles. The largest absolute Gasteiger partial charge is 0.373 e. The Morgan fingerprint density at radius 1 is 1.22 bits per heavy atom. The lowest BCUT2D eigenvalue weighted by Gasteiger charge is -2.28. The number of aliphatic hydroxyl groups excluding tert-OH is 1. The highest BCUT2D eigenvalue weighted by Crippen LogP contribution is 2.37. The van der Waals surface area contributed by atoms with Gasteiger partial charge < -0.3 is 15.7 Å². The first kappa shape index (κ1) is 18.3. The Morgan fingerprint density at radius 2 is 1.96 bits per heavy atom. The summed E-state index contributed by atoms with van der Waals surface area (Å²) in [5, 5.41) is 16.1. The van der Waals surface area contributed by atoms with E-state index in [0.717, 1.165) is 22.8 Å². The van der Waals surface area contributed by atoms with Gasteiger partial charge in [0, 0.05) is 22.7 Å². The first-order valence-corrected chi connectivity index (χ1v) is 10.3. The summed E-state index contributed by atoms with van der Waals surface area (Å²) in [6.45, 7) is 5.30. The molecule has 2 aromatic rings. The summed E-state index contributed by atoms with van der Waals surface area (Å²) < 4.78 is 0. The van der Waals surface area contributed by atoms with E-state index in [2.05, 4.69) is 27.7 Å². The van der Waals surface area contributed by atoms with Gasteiger partial charge in [0.25, 0.3) is 5.91 Å². The first-order chi connectivity index (χ1) is 13.1. The summed E-state index contributed by atoms with van der Waals surface area (Å²) >= 11 is 1.61. The highest BCUT2D eigenvalue weighted by atomic mass is 32.2. The molecule has 2 atom stereocenters. The lowest BCUT2D eigenvalue weighted by Crippen LogP contribution is -2.32. The number of anilines is 2. The fraction of sp³-hybridized carbons (Fsp3) is 0.381. The maximum Gasteiger partial charge on any atom is 0.255 e. The van der Waals surface area contributed by atoms with Gasteiger partial charge in [-0.2, -0.15) is 0 Å². The number of carbonyl (C=O) groups is 1. The molecular weight excluding hydrogens is 358 g/mol. The maximum absolute atomic E-state index is 12.6. The molecule has 4 rings (SSSR count). The summed E-state index contributed by atoms with van der Waals surface area (Å²) in [7, 11) is 0. The summed E-state index contributed by atoms with van der Waals surface area (Å²) in [6, 6.07) is 13.6. The molecule has 2 unspecified atom stereocenters. The maximum atomic E-state index is 12.6. The van der Waals surface area contributed by atoms with Crippen molar-refractivity contribution >= 4 is 29.0 Å². The molecule has 0 aromatic heterocycles. The number of nitrogens with zero attached hydrogens (tertiary/aromatic N) is 1. The Bertz CT molecular complexity index is 819. The second-order valence-electron chi connectivity index (χ2n) is 7.26.